The molecule has 13 nitrogen and oxygen atoms in total. The van der Waals surface area contributed by atoms with Crippen LogP contribution in [0.4, 0.5) is 8.78 Å². The maximum atomic E-state index is 15.7. The number of sulfonamides is 1. The van der Waals surface area contributed by atoms with Crippen molar-refractivity contribution < 1.29 is 41.4 Å². The van der Waals surface area contributed by atoms with Crippen LogP contribution >= 0.6 is 11.3 Å². The first-order chi connectivity index (χ1) is 20.3. The fraction of sp³-hybridized carbons (Fsp3) is 0.346. The molecule has 1 amide bonds. The number of nitrogens with one attached hydrogen (secondary N) is 1. The summed E-state index contributed by atoms with van der Waals surface area (Å²) in [5.41, 5.74) is 1.01. The summed E-state index contributed by atoms with van der Waals surface area (Å²) >= 11 is 0.893. The van der Waals surface area contributed by atoms with Crippen LogP contribution in [0.3, 0.4) is 0 Å². The van der Waals surface area contributed by atoms with E-state index < -0.39 is 52.7 Å². The highest BCUT2D eigenvalue weighted by Gasteiger charge is 2.43. The second kappa shape index (κ2) is 13.0. The Bertz CT molecular complexity index is 1710. The lowest BCUT2D eigenvalue weighted by atomic mass is 10.00. The van der Waals surface area contributed by atoms with E-state index in [4.69, 9.17) is 14.6 Å². The first-order valence-electron chi connectivity index (χ1n) is 12.8. The van der Waals surface area contributed by atoms with Gasteiger partial charge in [0.15, 0.2) is 0 Å². The van der Waals surface area contributed by atoms with Crippen LogP contribution in [0.2, 0.25) is 0 Å². The lowest BCUT2D eigenvalue weighted by molar-refractivity contribution is -0.157. The second-order valence-corrected chi connectivity index (χ2v) is 12.5. The molecular formula is C26H28F2N6O7S2. The topological polar surface area (TPSA) is 189 Å². The van der Waals surface area contributed by atoms with Gasteiger partial charge < -0.3 is 19.9 Å². The number of hydrogen-bond acceptors (Lipinski definition) is 10. The summed E-state index contributed by atoms with van der Waals surface area (Å²) in [4.78, 5) is 29.1. The number of nitrogens with two attached hydrogens (primary N) is 1. The Morgan fingerprint density at radius 3 is 2.49 bits per heavy atom. The fourth-order valence-corrected chi connectivity index (χ4v) is 5.77. The van der Waals surface area contributed by atoms with Crippen LogP contribution in [0.25, 0.3) is 10.2 Å². The summed E-state index contributed by atoms with van der Waals surface area (Å²) in [7, 11) is -3.95. The second-order valence-electron chi connectivity index (χ2n) is 9.78. The van der Waals surface area contributed by atoms with Crippen molar-refractivity contribution in [3.63, 3.8) is 0 Å². The number of alkyl halides is 2. The maximum Gasteiger partial charge on any atom is 0.363 e. The Morgan fingerprint density at radius 1 is 1.16 bits per heavy atom. The lowest BCUT2D eigenvalue weighted by Crippen LogP contribution is -2.55. The van der Waals surface area contributed by atoms with Crippen LogP contribution in [0.1, 0.15) is 31.1 Å². The molecule has 230 valence electrons. The van der Waals surface area contributed by atoms with E-state index in [1.54, 1.807) is 32.0 Å². The zero-order valence-electron chi connectivity index (χ0n) is 22.9. The van der Waals surface area contributed by atoms with Crippen molar-refractivity contribution in [2.24, 2.45) is 11.1 Å². The third kappa shape index (κ3) is 7.79. The molecule has 2 aromatic carbocycles. The summed E-state index contributed by atoms with van der Waals surface area (Å²) in [6.07, 6.45) is 0.743. The van der Waals surface area contributed by atoms with Gasteiger partial charge in [-0.15, -0.1) is 16.4 Å². The third-order valence-corrected chi connectivity index (χ3v) is 8.43. The minimum absolute atomic E-state index is 0.0774. The van der Waals surface area contributed by atoms with Crippen LogP contribution in [0.15, 0.2) is 53.0 Å². The number of aromatic nitrogens is 4. The number of fused-ring (bicyclic) bond motifs is 1. The molecule has 43 heavy (non-hydrogen) atoms. The third-order valence-electron chi connectivity index (χ3n) is 6.09. The van der Waals surface area contributed by atoms with Gasteiger partial charge in [0.05, 0.1) is 16.4 Å². The molecular weight excluding hydrogens is 610 g/mol. The smallest absolute Gasteiger partial charge is 0.363 e. The Labute approximate surface area is 248 Å². The molecule has 2 atom stereocenters. The number of amides is 1. The van der Waals surface area contributed by atoms with Gasteiger partial charge in [0.25, 0.3) is 15.8 Å². The van der Waals surface area contributed by atoms with E-state index in [9.17, 15) is 27.5 Å². The molecule has 4 N–H and O–H groups in total. The van der Waals surface area contributed by atoms with Crippen molar-refractivity contribution in [3.8, 4) is 11.5 Å². The van der Waals surface area contributed by atoms with Crippen LogP contribution in [-0.4, -0.2) is 64.5 Å². The molecule has 0 spiro atoms. The van der Waals surface area contributed by atoms with E-state index in [2.05, 4.69) is 15.3 Å². The Hall–Kier alpha value is -4.22. The normalized spacial score (nSPS) is 13.9. The molecule has 4 aromatic rings. The summed E-state index contributed by atoms with van der Waals surface area (Å²) < 4.78 is 63.5. The van der Waals surface area contributed by atoms with Gasteiger partial charge in [-0.05, 0) is 41.8 Å². The summed E-state index contributed by atoms with van der Waals surface area (Å²) in [5, 5.41) is 24.8. The van der Waals surface area contributed by atoms with Crippen molar-refractivity contribution in [3.05, 3.63) is 59.9 Å². The summed E-state index contributed by atoms with van der Waals surface area (Å²) in [6.45, 7) is 2.44. The molecule has 0 aliphatic carbocycles. The van der Waals surface area contributed by atoms with Crippen molar-refractivity contribution in [2.45, 2.75) is 43.0 Å². The minimum atomic E-state index is -3.95. The summed E-state index contributed by atoms with van der Waals surface area (Å²) in [5.74, 6) is -5.69. The molecule has 0 saturated heterocycles. The average molecular weight is 639 g/mol. The molecule has 0 aliphatic heterocycles. The predicted octanol–water partition coefficient (Wildman–Crippen LogP) is 2.77. The highest BCUT2D eigenvalue weighted by atomic mass is 32.2. The van der Waals surface area contributed by atoms with E-state index >= 15 is 4.39 Å². The van der Waals surface area contributed by atoms with Gasteiger partial charge in [0, 0.05) is 6.42 Å². The molecule has 17 heteroatoms. The standard InChI is InChI=1S/C26H28F2N6O7S2/c1-15(2)22(23(35)31-26(28,24(36)37)12-16-3-5-18(6-4-16)40-10-9-27)34-13-17(32-33-34)14-41-19-7-8-20-21(11-19)42-25(30-20)43(29,38)39/h3-8,11,13,15,22H,9-10,12,14H2,1-2H3,(H,31,35)(H,36,37)(H2,29,38,39). The first kappa shape index (κ1) is 31.7. The molecule has 2 heterocycles. The number of thiazole rings is 1. The predicted molar refractivity (Wildman–Crippen MR) is 150 cm³/mol. The van der Waals surface area contributed by atoms with E-state index in [0.29, 0.717) is 27.4 Å². The van der Waals surface area contributed by atoms with Gasteiger partial charge in [0.2, 0.25) is 10.2 Å². The number of aliphatic carboxylic acids is 1. The number of ether oxygens (including phenoxy) is 2. The monoisotopic (exact) mass is 638 g/mol. The number of carboxylic acid groups (broad SMARTS) is 1. The quantitative estimate of drug-likeness (QED) is 0.173. The fourth-order valence-electron chi connectivity index (χ4n) is 4.08. The number of rotatable bonds is 14. The molecule has 0 fully saturated rings. The van der Waals surface area contributed by atoms with Crippen molar-refractivity contribution in [2.75, 3.05) is 13.3 Å². The minimum Gasteiger partial charge on any atom is -0.491 e. The number of carboxylic acids is 1. The van der Waals surface area contributed by atoms with Crippen molar-refractivity contribution in [1.29, 1.82) is 0 Å². The van der Waals surface area contributed by atoms with E-state index in [0.717, 1.165) is 11.3 Å². The number of hydrogen-bond donors (Lipinski definition) is 3. The number of carbonyl (C=O) groups excluding carboxylic acids is 1. The molecule has 2 aromatic heterocycles. The largest absolute Gasteiger partial charge is 0.491 e. The highest BCUT2D eigenvalue weighted by molar-refractivity contribution is 7.91. The average Bonchev–Trinajstić information content (AvgIpc) is 3.58. The van der Waals surface area contributed by atoms with Gasteiger partial charge in [-0.1, -0.05) is 31.2 Å². The van der Waals surface area contributed by atoms with Gasteiger partial charge in [0.1, 0.15) is 43.1 Å². The molecule has 0 radical (unpaired) electrons. The number of benzene rings is 2. The first-order valence-corrected chi connectivity index (χ1v) is 15.1. The molecule has 0 bridgehead atoms. The molecule has 4 rings (SSSR count). The van der Waals surface area contributed by atoms with E-state index in [-0.39, 0.29) is 23.1 Å². The van der Waals surface area contributed by atoms with Crippen molar-refractivity contribution in [1.82, 2.24) is 25.3 Å². The lowest BCUT2D eigenvalue weighted by Gasteiger charge is -2.27. The molecule has 2 unspecified atom stereocenters. The van der Waals surface area contributed by atoms with Gasteiger partial charge in [-0.25, -0.2) is 36.8 Å². The van der Waals surface area contributed by atoms with Gasteiger partial charge in [-0.3, -0.25) is 4.79 Å². The number of primary sulfonamides is 1. The molecule has 0 saturated carbocycles. The van der Waals surface area contributed by atoms with Crippen molar-refractivity contribution >= 4 is 43.5 Å². The Kier molecular flexibility index (Phi) is 9.56. The Morgan fingerprint density at radius 2 is 1.86 bits per heavy atom. The number of carbonyl (C=O) groups is 2. The number of nitrogens with zero attached hydrogens (tertiary/aromatic N) is 4. The zero-order chi connectivity index (χ0) is 31.4. The number of halogens is 2. The van der Waals surface area contributed by atoms with Gasteiger partial charge in [-0.2, -0.15) is 0 Å². The summed E-state index contributed by atoms with van der Waals surface area (Å²) in [6, 6.07) is 9.38. The van der Waals surface area contributed by atoms with Gasteiger partial charge >= 0.3 is 5.97 Å². The SMILES string of the molecule is CC(C)C(C(=O)NC(F)(Cc1ccc(OCCF)cc1)C(=O)O)n1cc(COc2ccc3nc(S(N)(=O)=O)sc3c2)nn1. The van der Waals surface area contributed by atoms with Crippen LogP contribution in [0.5, 0.6) is 11.5 Å². The molecule has 0 aliphatic rings. The van der Waals surface area contributed by atoms with Crippen LogP contribution in [0, 0.1) is 5.92 Å². The van der Waals surface area contributed by atoms with Crippen LogP contribution in [-0.2, 0) is 32.6 Å². The Balaban J connectivity index is 1.44. The highest BCUT2D eigenvalue weighted by Crippen LogP contribution is 2.29. The van der Waals surface area contributed by atoms with E-state index in [1.807, 2.05) is 5.32 Å². The zero-order valence-corrected chi connectivity index (χ0v) is 24.6. The maximum absolute atomic E-state index is 15.7. The van der Waals surface area contributed by atoms with Crippen LogP contribution < -0.4 is 19.9 Å². The van der Waals surface area contributed by atoms with E-state index in [1.165, 1.54) is 35.1 Å².